The highest BCUT2D eigenvalue weighted by Gasteiger charge is 2.45. The first-order valence-corrected chi connectivity index (χ1v) is 7.84. The number of hydrogen-bond acceptors (Lipinski definition) is 9. The first-order chi connectivity index (χ1) is 12.7. The average molecular weight is 388 g/mol. The summed E-state index contributed by atoms with van der Waals surface area (Å²) in [5.74, 6) is -2.34. The molecule has 1 rings (SSSR count). The second-order valence-corrected chi connectivity index (χ2v) is 5.47. The molecule has 0 spiro atoms. The van der Waals surface area contributed by atoms with Crippen LogP contribution in [-0.2, 0) is 14.3 Å². The molecule has 0 aliphatic carbocycles. The second kappa shape index (κ2) is 10.3. The molecule has 0 radical (unpaired) electrons. The second-order valence-electron chi connectivity index (χ2n) is 5.47. The first kappa shape index (κ1) is 22.1. The Labute approximate surface area is 154 Å². The number of carboxylic acid groups (broad SMARTS) is 1. The van der Waals surface area contributed by atoms with Gasteiger partial charge in [-0.25, -0.2) is 14.6 Å². The summed E-state index contributed by atoms with van der Waals surface area (Å²) in [6.45, 7) is 2.80. The van der Waals surface area contributed by atoms with Gasteiger partial charge in [0.15, 0.2) is 18.2 Å². The van der Waals surface area contributed by atoms with Gasteiger partial charge in [-0.3, -0.25) is 4.99 Å². The number of carboxylic acids is 1. The fourth-order valence-corrected chi connectivity index (χ4v) is 2.39. The SMILES string of the molecule is C=N[C@H]1[C@H]([C@H](OC(=O)NCCN)[C@H](O)CO)OC(C(=O)O)=C[C@@H]1N=C(N)N. The maximum Gasteiger partial charge on any atom is 0.407 e. The van der Waals surface area contributed by atoms with E-state index in [1.807, 2.05) is 0 Å². The lowest BCUT2D eigenvalue weighted by Gasteiger charge is -2.37. The third-order valence-electron chi connectivity index (χ3n) is 3.54. The van der Waals surface area contributed by atoms with Gasteiger partial charge in [0.2, 0.25) is 5.76 Å². The van der Waals surface area contributed by atoms with Crippen LogP contribution in [0.25, 0.3) is 0 Å². The molecule has 0 bridgehead atoms. The van der Waals surface area contributed by atoms with Crippen molar-refractivity contribution in [3.05, 3.63) is 11.8 Å². The molecule has 0 unspecified atom stereocenters. The van der Waals surface area contributed by atoms with Crippen molar-refractivity contribution < 1.29 is 34.4 Å². The van der Waals surface area contributed by atoms with Crippen molar-refractivity contribution in [3.63, 3.8) is 0 Å². The largest absolute Gasteiger partial charge is 0.477 e. The number of ether oxygens (including phenoxy) is 2. The smallest absolute Gasteiger partial charge is 0.407 e. The van der Waals surface area contributed by atoms with Gasteiger partial charge in [0, 0.05) is 13.1 Å². The van der Waals surface area contributed by atoms with Crippen LogP contribution in [0.5, 0.6) is 0 Å². The maximum atomic E-state index is 11.9. The number of carbonyl (C=O) groups excluding carboxylic acids is 1. The predicted molar refractivity (Wildman–Crippen MR) is 93.9 cm³/mol. The summed E-state index contributed by atoms with van der Waals surface area (Å²) in [7, 11) is 0. The summed E-state index contributed by atoms with van der Waals surface area (Å²) in [5.41, 5.74) is 16.0. The molecule has 1 amide bonds. The highest BCUT2D eigenvalue weighted by atomic mass is 16.6. The standard InChI is InChI=1S/C14H24N6O7/c1-18-9-6(20-13(16)17)4-8(12(23)24)26-11(9)10(7(22)5-21)27-14(25)19-3-2-15/h4,6-7,9-11,21-22H,1-3,5,15H2,(H,19,25)(H,23,24)(H4,16,17,20)/t6-,7+,9+,10+,11+/m0/s1. The Morgan fingerprint density at radius 2 is 2.11 bits per heavy atom. The number of carbonyl (C=O) groups is 2. The van der Waals surface area contributed by atoms with Crippen LogP contribution in [0.1, 0.15) is 0 Å². The predicted octanol–water partition coefficient (Wildman–Crippen LogP) is -3.53. The topological polar surface area (TPSA) is 228 Å². The normalized spacial score (nSPS) is 23.8. The molecule has 1 aliphatic heterocycles. The number of amides is 1. The number of aliphatic hydroxyl groups is 2. The van der Waals surface area contributed by atoms with E-state index in [0.29, 0.717) is 0 Å². The molecule has 13 heteroatoms. The number of hydrogen-bond donors (Lipinski definition) is 7. The van der Waals surface area contributed by atoms with Crippen LogP contribution in [0.15, 0.2) is 21.8 Å². The minimum absolute atomic E-state index is 0.0896. The number of rotatable bonds is 9. The van der Waals surface area contributed by atoms with Crippen LogP contribution in [0.4, 0.5) is 4.79 Å². The zero-order chi connectivity index (χ0) is 20.6. The molecular weight excluding hydrogens is 364 g/mol. The van der Waals surface area contributed by atoms with E-state index in [4.69, 9.17) is 26.7 Å². The molecule has 152 valence electrons. The number of nitrogens with two attached hydrogens (primary N) is 3. The van der Waals surface area contributed by atoms with Gasteiger partial charge < -0.3 is 47.3 Å². The number of alkyl carbamates (subject to hydrolysis) is 1. The Morgan fingerprint density at radius 3 is 2.59 bits per heavy atom. The third kappa shape index (κ3) is 6.09. The van der Waals surface area contributed by atoms with Gasteiger partial charge in [0.1, 0.15) is 18.2 Å². The molecule has 10 N–H and O–H groups in total. The summed E-state index contributed by atoms with van der Waals surface area (Å²) in [5, 5.41) is 30.9. The number of nitrogens with one attached hydrogen (secondary N) is 1. The minimum Gasteiger partial charge on any atom is -0.477 e. The van der Waals surface area contributed by atoms with Crippen LogP contribution in [0.2, 0.25) is 0 Å². The monoisotopic (exact) mass is 388 g/mol. The van der Waals surface area contributed by atoms with E-state index < -0.39 is 54.8 Å². The lowest BCUT2D eigenvalue weighted by Crippen LogP contribution is -2.55. The fraction of sp³-hybridized carbons (Fsp3) is 0.571. The molecule has 13 nitrogen and oxygen atoms in total. The zero-order valence-corrected chi connectivity index (χ0v) is 14.4. The van der Waals surface area contributed by atoms with Gasteiger partial charge >= 0.3 is 12.1 Å². The Hall–Kier alpha value is -2.90. The number of aliphatic imine (C=N–C) groups is 2. The highest BCUT2D eigenvalue weighted by Crippen LogP contribution is 2.28. The quantitative estimate of drug-likeness (QED) is 0.152. The van der Waals surface area contributed by atoms with Crippen molar-refractivity contribution in [3.8, 4) is 0 Å². The molecule has 1 heterocycles. The molecule has 0 saturated carbocycles. The van der Waals surface area contributed by atoms with Crippen molar-refractivity contribution >= 4 is 24.7 Å². The zero-order valence-electron chi connectivity index (χ0n) is 14.4. The Kier molecular flexibility index (Phi) is 8.44. The van der Waals surface area contributed by atoms with Crippen LogP contribution in [-0.4, -0.2) is 90.2 Å². The number of guanidine groups is 1. The summed E-state index contributed by atoms with van der Waals surface area (Å²) in [6, 6.07) is -2.04. The van der Waals surface area contributed by atoms with Crippen molar-refractivity contribution in [2.45, 2.75) is 30.4 Å². The highest BCUT2D eigenvalue weighted by molar-refractivity contribution is 5.85. The number of aliphatic hydroxyl groups excluding tert-OH is 2. The number of aliphatic carboxylic acids is 1. The molecule has 0 aromatic carbocycles. The molecule has 1 aliphatic rings. The fourth-order valence-electron chi connectivity index (χ4n) is 2.39. The summed E-state index contributed by atoms with van der Waals surface area (Å²) in [4.78, 5) is 30.9. The van der Waals surface area contributed by atoms with Crippen molar-refractivity contribution in [2.24, 2.45) is 27.2 Å². The molecule has 27 heavy (non-hydrogen) atoms. The van der Waals surface area contributed by atoms with Gasteiger partial charge in [-0.2, -0.15) is 0 Å². The minimum atomic E-state index is -1.61. The molecule has 0 aromatic rings. The summed E-state index contributed by atoms with van der Waals surface area (Å²) in [6.07, 6.45) is -4.33. The first-order valence-electron chi connectivity index (χ1n) is 7.84. The van der Waals surface area contributed by atoms with Gasteiger partial charge in [0.25, 0.3) is 0 Å². The Morgan fingerprint density at radius 1 is 1.44 bits per heavy atom. The lowest BCUT2D eigenvalue weighted by molar-refractivity contribution is -0.144. The molecule has 0 fully saturated rings. The van der Waals surface area contributed by atoms with Gasteiger partial charge in [-0.1, -0.05) is 0 Å². The summed E-state index contributed by atoms with van der Waals surface area (Å²) < 4.78 is 10.4. The summed E-state index contributed by atoms with van der Waals surface area (Å²) >= 11 is 0. The van der Waals surface area contributed by atoms with E-state index in [2.05, 4.69) is 22.0 Å². The van der Waals surface area contributed by atoms with E-state index in [9.17, 15) is 24.9 Å². The van der Waals surface area contributed by atoms with E-state index in [1.165, 1.54) is 0 Å². The van der Waals surface area contributed by atoms with Crippen molar-refractivity contribution in [1.82, 2.24) is 5.32 Å². The van der Waals surface area contributed by atoms with Gasteiger partial charge in [-0.05, 0) is 12.8 Å². The molecule has 5 atom stereocenters. The molecular formula is C14H24N6O7. The van der Waals surface area contributed by atoms with Crippen molar-refractivity contribution in [1.29, 1.82) is 0 Å². The van der Waals surface area contributed by atoms with Crippen LogP contribution in [0.3, 0.4) is 0 Å². The van der Waals surface area contributed by atoms with Gasteiger partial charge in [-0.15, -0.1) is 0 Å². The van der Waals surface area contributed by atoms with E-state index >= 15 is 0 Å². The van der Waals surface area contributed by atoms with Gasteiger partial charge in [0.05, 0.1) is 6.61 Å². The maximum absolute atomic E-state index is 11.9. The van der Waals surface area contributed by atoms with E-state index in [1.54, 1.807) is 0 Å². The Bertz CT molecular complexity index is 607. The van der Waals surface area contributed by atoms with Crippen LogP contribution in [0, 0.1) is 0 Å². The van der Waals surface area contributed by atoms with E-state index in [0.717, 1.165) is 6.08 Å². The molecule has 0 saturated heterocycles. The lowest BCUT2D eigenvalue weighted by atomic mass is 9.93. The molecule has 0 aromatic heterocycles. The van der Waals surface area contributed by atoms with E-state index in [-0.39, 0.29) is 19.0 Å². The third-order valence-corrected chi connectivity index (χ3v) is 3.54. The number of nitrogens with zero attached hydrogens (tertiary/aromatic N) is 2. The van der Waals surface area contributed by atoms with Crippen molar-refractivity contribution in [2.75, 3.05) is 19.7 Å². The van der Waals surface area contributed by atoms with Crippen LogP contribution >= 0.6 is 0 Å². The van der Waals surface area contributed by atoms with Crippen LogP contribution < -0.4 is 22.5 Å². The average Bonchev–Trinajstić information content (AvgIpc) is 2.62. The Balaban J connectivity index is 3.25.